The van der Waals surface area contributed by atoms with Gasteiger partial charge in [-0.05, 0) is 32.9 Å². The average Bonchev–Trinajstić information content (AvgIpc) is 2.44. The molecule has 21 heavy (non-hydrogen) atoms. The predicted octanol–water partition coefficient (Wildman–Crippen LogP) is 2.90. The maximum Gasteiger partial charge on any atom is 0.270 e. The fourth-order valence-electron chi connectivity index (χ4n) is 1.79. The van der Waals surface area contributed by atoms with Crippen LogP contribution in [0.5, 0.6) is 5.75 Å². The van der Waals surface area contributed by atoms with E-state index in [1.54, 1.807) is 12.1 Å². The van der Waals surface area contributed by atoms with Crippen LogP contribution in [0.1, 0.15) is 32.8 Å². The number of non-ortho nitro benzene ring substituents is 1. The minimum atomic E-state index is -0.394. The summed E-state index contributed by atoms with van der Waals surface area (Å²) in [6, 6.07) is 4.67. The van der Waals surface area contributed by atoms with Crippen LogP contribution in [0.15, 0.2) is 18.2 Å². The first-order valence-electron chi connectivity index (χ1n) is 7.27. The van der Waals surface area contributed by atoms with Gasteiger partial charge in [-0.1, -0.05) is 6.92 Å². The number of benzene rings is 1. The Balaban J connectivity index is 2.68. The Labute approximate surface area is 125 Å². The molecule has 0 fully saturated rings. The van der Waals surface area contributed by atoms with E-state index in [0.717, 1.165) is 18.5 Å². The van der Waals surface area contributed by atoms with Gasteiger partial charge in [-0.25, -0.2) is 0 Å². The van der Waals surface area contributed by atoms with Crippen molar-refractivity contribution in [3.05, 3.63) is 33.9 Å². The number of rotatable bonds is 10. The molecule has 0 aromatic heterocycles. The van der Waals surface area contributed by atoms with E-state index in [4.69, 9.17) is 9.47 Å². The molecule has 0 aliphatic heterocycles. The second-order valence-electron chi connectivity index (χ2n) is 4.99. The zero-order valence-electron chi connectivity index (χ0n) is 12.9. The highest BCUT2D eigenvalue weighted by Crippen LogP contribution is 2.24. The molecule has 1 aromatic carbocycles. The van der Waals surface area contributed by atoms with Crippen molar-refractivity contribution in [2.75, 3.05) is 19.8 Å². The molecule has 0 amide bonds. The Morgan fingerprint density at radius 2 is 2.10 bits per heavy atom. The largest absolute Gasteiger partial charge is 0.491 e. The van der Waals surface area contributed by atoms with Crippen LogP contribution >= 0.6 is 0 Å². The number of nitro groups is 1. The summed E-state index contributed by atoms with van der Waals surface area (Å²) in [5.41, 5.74) is 0.872. The van der Waals surface area contributed by atoms with Gasteiger partial charge >= 0.3 is 0 Å². The zero-order valence-corrected chi connectivity index (χ0v) is 12.9. The van der Waals surface area contributed by atoms with E-state index < -0.39 is 4.92 Å². The van der Waals surface area contributed by atoms with Crippen molar-refractivity contribution in [2.45, 2.75) is 39.8 Å². The molecule has 0 heterocycles. The van der Waals surface area contributed by atoms with Crippen LogP contribution in [0, 0.1) is 10.1 Å². The van der Waals surface area contributed by atoms with Gasteiger partial charge in [-0.2, -0.15) is 0 Å². The monoisotopic (exact) mass is 296 g/mol. The Kier molecular flexibility index (Phi) is 7.71. The van der Waals surface area contributed by atoms with Crippen molar-refractivity contribution < 1.29 is 14.4 Å². The lowest BCUT2D eigenvalue weighted by Gasteiger charge is -2.13. The highest BCUT2D eigenvalue weighted by Gasteiger charge is 2.11. The van der Waals surface area contributed by atoms with E-state index in [2.05, 4.69) is 12.2 Å². The van der Waals surface area contributed by atoms with E-state index in [1.165, 1.54) is 6.07 Å². The highest BCUT2D eigenvalue weighted by atomic mass is 16.6. The summed E-state index contributed by atoms with van der Waals surface area (Å²) in [5, 5.41) is 14.1. The number of ether oxygens (including phenoxy) is 2. The third kappa shape index (κ3) is 6.55. The van der Waals surface area contributed by atoms with Gasteiger partial charge in [0.05, 0.1) is 17.6 Å². The molecule has 1 aromatic rings. The van der Waals surface area contributed by atoms with Crippen LogP contribution in [-0.4, -0.2) is 30.8 Å². The fraction of sp³-hybridized carbons (Fsp3) is 0.600. The molecule has 0 saturated carbocycles. The van der Waals surface area contributed by atoms with Crippen LogP contribution in [0.3, 0.4) is 0 Å². The molecule has 0 aliphatic carbocycles. The lowest BCUT2D eigenvalue weighted by Crippen LogP contribution is -2.16. The molecule has 1 N–H and O–H groups in total. The first-order valence-corrected chi connectivity index (χ1v) is 7.27. The molecule has 0 saturated heterocycles. The standard InChI is InChI=1S/C15H24N2O4/c1-4-7-16-11-13-10-14(17(18)19)5-6-15(13)21-9-8-20-12(2)3/h5-6,10,12,16H,4,7-9,11H2,1-3H3. The van der Waals surface area contributed by atoms with Crippen LogP contribution < -0.4 is 10.1 Å². The third-order valence-corrected chi connectivity index (χ3v) is 2.79. The normalized spacial score (nSPS) is 10.9. The van der Waals surface area contributed by atoms with Crippen molar-refractivity contribution in [3.63, 3.8) is 0 Å². The predicted molar refractivity (Wildman–Crippen MR) is 81.7 cm³/mol. The number of nitrogens with zero attached hydrogens (tertiary/aromatic N) is 1. The topological polar surface area (TPSA) is 73.6 Å². The van der Waals surface area contributed by atoms with E-state index in [1.807, 2.05) is 13.8 Å². The lowest BCUT2D eigenvalue weighted by atomic mass is 10.1. The van der Waals surface area contributed by atoms with Gasteiger partial charge in [0.2, 0.25) is 0 Å². The summed E-state index contributed by atoms with van der Waals surface area (Å²) in [5.74, 6) is 0.663. The van der Waals surface area contributed by atoms with Crippen LogP contribution in [-0.2, 0) is 11.3 Å². The molecule has 6 heteroatoms. The van der Waals surface area contributed by atoms with Crippen LogP contribution in [0.2, 0.25) is 0 Å². The van der Waals surface area contributed by atoms with Crippen molar-refractivity contribution >= 4 is 5.69 Å². The highest BCUT2D eigenvalue weighted by molar-refractivity contribution is 5.43. The minimum absolute atomic E-state index is 0.0779. The summed E-state index contributed by atoms with van der Waals surface area (Å²) in [4.78, 5) is 10.5. The maximum absolute atomic E-state index is 10.9. The smallest absolute Gasteiger partial charge is 0.270 e. The van der Waals surface area contributed by atoms with E-state index in [9.17, 15) is 10.1 Å². The molecule has 118 valence electrons. The Bertz CT molecular complexity index is 449. The molecule has 0 spiro atoms. The summed E-state index contributed by atoms with van der Waals surface area (Å²) >= 11 is 0. The number of nitro benzene ring substituents is 1. The summed E-state index contributed by atoms with van der Waals surface area (Å²) in [6.07, 6.45) is 1.17. The van der Waals surface area contributed by atoms with Crippen LogP contribution in [0.4, 0.5) is 5.69 Å². The van der Waals surface area contributed by atoms with Crippen molar-refractivity contribution in [1.82, 2.24) is 5.32 Å². The quantitative estimate of drug-likeness (QED) is 0.408. The first-order chi connectivity index (χ1) is 10.0. The van der Waals surface area contributed by atoms with Crippen molar-refractivity contribution in [2.24, 2.45) is 0 Å². The molecule has 1 rings (SSSR count). The zero-order chi connectivity index (χ0) is 15.7. The average molecular weight is 296 g/mol. The molecule has 6 nitrogen and oxygen atoms in total. The molecule has 0 aliphatic rings. The van der Waals surface area contributed by atoms with Gasteiger partial charge in [0.15, 0.2) is 0 Å². The molecular formula is C15H24N2O4. The van der Waals surface area contributed by atoms with Gasteiger partial charge in [-0.3, -0.25) is 10.1 Å². The van der Waals surface area contributed by atoms with Gasteiger partial charge < -0.3 is 14.8 Å². The third-order valence-electron chi connectivity index (χ3n) is 2.79. The lowest BCUT2D eigenvalue weighted by molar-refractivity contribution is -0.384. The van der Waals surface area contributed by atoms with Crippen LogP contribution in [0.25, 0.3) is 0 Å². The number of nitrogens with one attached hydrogen (secondary N) is 1. The van der Waals surface area contributed by atoms with Gasteiger partial charge in [0, 0.05) is 24.2 Å². The second-order valence-corrected chi connectivity index (χ2v) is 4.99. The Morgan fingerprint density at radius 1 is 1.33 bits per heavy atom. The van der Waals surface area contributed by atoms with E-state index >= 15 is 0 Å². The van der Waals surface area contributed by atoms with Gasteiger partial charge in [0.25, 0.3) is 5.69 Å². The summed E-state index contributed by atoms with van der Waals surface area (Å²) in [6.45, 7) is 8.33. The number of hydrogen-bond acceptors (Lipinski definition) is 5. The number of hydrogen-bond donors (Lipinski definition) is 1. The Morgan fingerprint density at radius 3 is 2.71 bits per heavy atom. The van der Waals surface area contributed by atoms with E-state index in [-0.39, 0.29) is 11.8 Å². The van der Waals surface area contributed by atoms with E-state index in [0.29, 0.717) is 25.5 Å². The molecule has 0 unspecified atom stereocenters. The SMILES string of the molecule is CCCNCc1cc([N+](=O)[O-])ccc1OCCOC(C)C. The van der Waals surface area contributed by atoms with Crippen molar-refractivity contribution in [1.29, 1.82) is 0 Å². The minimum Gasteiger partial charge on any atom is -0.491 e. The maximum atomic E-state index is 10.9. The molecule has 0 radical (unpaired) electrons. The fourth-order valence-corrected chi connectivity index (χ4v) is 1.79. The molecular weight excluding hydrogens is 272 g/mol. The van der Waals surface area contributed by atoms with Gasteiger partial charge in [-0.15, -0.1) is 0 Å². The second kappa shape index (κ2) is 9.31. The Hall–Kier alpha value is -1.66. The van der Waals surface area contributed by atoms with Gasteiger partial charge in [0.1, 0.15) is 12.4 Å². The summed E-state index contributed by atoms with van der Waals surface area (Å²) in [7, 11) is 0. The molecule has 0 bridgehead atoms. The molecule has 0 atom stereocenters. The van der Waals surface area contributed by atoms with Crippen molar-refractivity contribution in [3.8, 4) is 5.75 Å². The summed E-state index contributed by atoms with van der Waals surface area (Å²) < 4.78 is 11.1. The first kappa shape index (κ1) is 17.4.